The van der Waals surface area contributed by atoms with E-state index >= 15 is 0 Å². The molecular weight excluding hydrogens is 244 g/mol. The second-order valence-corrected chi connectivity index (χ2v) is 4.63. The van der Waals surface area contributed by atoms with Crippen LogP contribution in [0.25, 0.3) is 0 Å². The summed E-state index contributed by atoms with van der Waals surface area (Å²) in [6, 6.07) is 5.07. The fraction of sp³-hybridized carbons (Fsp3) is 0.385. The fourth-order valence-electron chi connectivity index (χ4n) is 2.26. The number of nitrogens with two attached hydrogens (primary N) is 2. The second kappa shape index (κ2) is 5.17. The molecule has 6 nitrogen and oxygen atoms in total. The van der Waals surface area contributed by atoms with Gasteiger partial charge in [-0.15, -0.1) is 0 Å². The molecule has 4 N–H and O–H groups in total. The van der Waals surface area contributed by atoms with Crippen LogP contribution in [0.5, 0.6) is 0 Å². The third kappa shape index (κ3) is 2.78. The predicted molar refractivity (Wildman–Crippen MR) is 73.8 cm³/mol. The van der Waals surface area contributed by atoms with E-state index < -0.39 is 5.91 Å². The highest BCUT2D eigenvalue weighted by Crippen LogP contribution is 2.25. The van der Waals surface area contributed by atoms with Crippen molar-refractivity contribution in [3.8, 4) is 0 Å². The molecule has 1 aromatic carbocycles. The van der Waals surface area contributed by atoms with Gasteiger partial charge in [-0.05, 0) is 18.2 Å². The molecule has 0 saturated carbocycles. The molecule has 2 rings (SSSR count). The minimum Gasteiger partial charge on any atom is -0.397 e. The molecule has 0 atom stereocenters. The zero-order valence-electron chi connectivity index (χ0n) is 10.9. The molecule has 0 bridgehead atoms. The van der Waals surface area contributed by atoms with Crippen LogP contribution in [0.4, 0.5) is 11.4 Å². The quantitative estimate of drug-likeness (QED) is 0.736. The summed E-state index contributed by atoms with van der Waals surface area (Å²) in [6.07, 6.45) is 0. The maximum Gasteiger partial charge on any atom is 0.248 e. The van der Waals surface area contributed by atoms with E-state index in [0.29, 0.717) is 24.3 Å². The monoisotopic (exact) mass is 262 g/mol. The third-order valence-corrected chi connectivity index (χ3v) is 3.38. The molecule has 1 saturated heterocycles. The van der Waals surface area contributed by atoms with Gasteiger partial charge < -0.3 is 21.3 Å². The van der Waals surface area contributed by atoms with Gasteiger partial charge in [0.2, 0.25) is 11.8 Å². The number of anilines is 2. The Balaban J connectivity index is 2.11. The van der Waals surface area contributed by atoms with Gasteiger partial charge in [-0.1, -0.05) is 0 Å². The number of rotatable bonds is 2. The van der Waals surface area contributed by atoms with Gasteiger partial charge in [0.15, 0.2) is 0 Å². The molecule has 0 unspecified atom stereocenters. The lowest BCUT2D eigenvalue weighted by Gasteiger charge is -2.36. The lowest BCUT2D eigenvalue weighted by molar-refractivity contribution is -0.129. The molecule has 1 aliphatic rings. The standard InChI is InChI=1S/C13H18N4O2/c1-9(18)16-4-6-17(7-5-16)12-3-2-10(13(15)19)8-11(12)14/h2-3,8H,4-7,14H2,1H3,(H2,15,19). The van der Waals surface area contributed by atoms with E-state index in [4.69, 9.17) is 11.5 Å². The molecule has 1 fully saturated rings. The number of carbonyl (C=O) groups is 2. The summed E-state index contributed by atoms with van der Waals surface area (Å²) in [5, 5.41) is 0. The number of primary amides is 1. The lowest BCUT2D eigenvalue weighted by Crippen LogP contribution is -2.48. The van der Waals surface area contributed by atoms with Gasteiger partial charge >= 0.3 is 0 Å². The number of nitrogen functional groups attached to an aromatic ring is 1. The van der Waals surface area contributed by atoms with E-state index in [1.54, 1.807) is 25.1 Å². The highest BCUT2D eigenvalue weighted by Gasteiger charge is 2.20. The molecule has 0 radical (unpaired) electrons. The molecule has 102 valence electrons. The summed E-state index contributed by atoms with van der Waals surface area (Å²) < 4.78 is 0. The van der Waals surface area contributed by atoms with Crippen molar-refractivity contribution >= 4 is 23.2 Å². The van der Waals surface area contributed by atoms with Crippen LogP contribution in [0.2, 0.25) is 0 Å². The average molecular weight is 262 g/mol. The number of benzene rings is 1. The molecule has 1 aromatic rings. The van der Waals surface area contributed by atoms with Crippen LogP contribution >= 0.6 is 0 Å². The summed E-state index contributed by atoms with van der Waals surface area (Å²) >= 11 is 0. The highest BCUT2D eigenvalue weighted by molar-refractivity contribution is 5.94. The fourth-order valence-corrected chi connectivity index (χ4v) is 2.26. The first-order valence-electron chi connectivity index (χ1n) is 6.19. The Morgan fingerprint density at radius 3 is 2.26 bits per heavy atom. The normalized spacial score (nSPS) is 15.4. The highest BCUT2D eigenvalue weighted by atomic mass is 16.2. The largest absolute Gasteiger partial charge is 0.397 e. The van der Waals surface area contributed by atoms with Gasteiger partial charge in [0.05, 0.1) is 11.4 Å². The Morgan fingerprint density at radius 2 is 1.79 bits per heavy atom. The first kappa shape index (κ1) is 13.2. The number of hydrogen-bond acceptors (Lipinski definition) is 4. The summed E-state index contributed by atoms with van der Waals surface area (Å²) in [4.78, 5) is 26.2. The maximum atomic E-state index is 11.3. The molecule has 0 aromatic heterocycles. The Bertz CT molecular complexity index is 507. The van der Waals surface area contributed by atoms with Crippen LogP contribution in [0.3, 0.4) is 0 Å². The first-order valence-corrected chi connectivity index (χ1v) is 6.19. The number of nitrogens with zero attached hydrogens (tertiary/aromatic N) is 2. The Hall–Kier alpha value is -2.24. The predicted octanol–water partition coefficient (Wildman–Crippen LogP) is 0.0362. The van der Waals surface area contributed by atoms with E-state index in [-0.39, 0.29) is 5.91 Å². The van der Waals surface area contributed by atoms with Crippen LogP contribution in [0, 0.1) is 0 Å². The minimum absolute atomic E-state index is 0.0942. The van der Waals surface area contributed by atoms with Crippen molar-refractivity contribution in [1.29, 1.82) is 0 Å². The van der Waals surface area contributed by atoms with Crippen molar-refractivity contribution in [3.05, 3.63) is 23.8 Å². The minimum atomic E-state index is -0.486. The molecule has 1 heterocycles. The van der Waals surface area contributed by atoms with Crippen molar-refractivity contribution in [2.45, 2.75) is 6.92 Å². The zero-order chi connectivity index (χ0) is 14.0. The Kier molecular flexibility index (Phi) is 3.59. The van der Waals surface area contributed by atoms with E-state index in [1.165, 1.54) is 0 Å². The second-order valence-electron chi connectivity index (χ2n) is 4.63. The van der Waals surface area contributed by atoms with Crippen LogP contribution in [-0.4, -0.2) is 42.9 Å². The zero-order valence-corrected chi connectivity index (χ0v) is 10.9. The van der Waals surface area contributed by atoms with Gasteiger partial charge in [0.1, 0.15) is 0 Å². The topological polar surface area (TPSA) is 92.7 Å². The molecule has 0 aliphatic carbocycles. The summed E-state index contributed by atoms with van der Waals surface area (Å²) in [5.74, 6) is -0.392. The molecule has 19 heavy (non-hydrogen) atoms. The van der Waals surface area contributed by atoms with Gasteiger partial charge in [0.25, 0.3) is 0 Å². The smallest absolute Gasteiger partial charge is 0.248 e. The number of hydrogen-bond donors (Lipinski definition) is 2. The van der Waals surface area contributed by atoms with Crippen molar-refractivity contribution in [1.82, 2.24) is 4.90 Å². The van der Waals surface area contributed by atoms with Crippen molar-refractivity contribution in [2.75, 3.05) is 36.8 Å². The van der Waals surface area contributed by atoms with Crippen LogP contribution in [-0.2, 0) is 4.79 Å². The molecule has 0 spiro atoms. The van der Waals surface area contributed by atoms with Crippen molar-refractivity contribution in [3.63, 3.8) is 0 Å². The van der Waals surface area contributed by atoms with Gasteiger partial charge in [-0.2, -0.15) is 0 Å². The van der Waals surface area contributed by atoms with E-state index in [0.717, 1.165) is 18.8 Å². The summed E-state index contributed by atoms with van der Waals surface area (Å²) in [6.45, 7) is 4.42. The maximum absolute atomic E-state index is 11.3. The van der Waals surface area contributed by atoms with Crippen molar-refractivity contribution in [2.24, 2.45) is 5.73 Å². The van der Waals surface area contributed by atoms with Gasteiger partial charge in [-0.25, -0.2) is 0 Å². The Labute approximate surface area is 112 Å². The average Bonchev–Trinajstić information content (AvgIpc) is 2.38. The van der Waals surface area contributed by atoms with Crippen LogP contribution in [0.15, 0.2) is 18.2 Å². The van der Waals surface area contributed by atoms with Crippen molar-refractivity contribution < 1.29 is 9.59 Å². The van der Waals surface area contributed by atoms with Gasteiger partial charge in [0, 0.05) is 38.7 Å². The van der Waals surface area contributed by atoms with E-state index in [9.17, 15) is 9.59 Å². The summed E-state index contributed by atoms with van der Waals surface area (Å²) in [7, 11) is 0. The molecular formula is C13H18N4O2. The third-order valence-electron chi connectivity index (χ3n) is 3.38. The number of piperazine rings is 1. The molecule has 1 aliphatic heterocycles. The number of amides is 2. The van der Waals surface area contributed by atoms with Gasteiger partial charge in [-0.3, -0.25) is 9.59 Å². The molecule has 6 heteroatoms. The first-order chi connectivity index (χ1) is 8.99. The Morgan fingerprint density at radius 1 is 1.16 bits per heavy atom. The van der Waals surface area contributed by atoms with E-state index in [1.807, 2.05) is 4.90 Å². The number of carbonyl (C=O) groups excluding carboxylic acids is 2. The molecule has 2 amide bonds. The van der Waals surface area contributed by atoms with E-state index in [2.05, 4.69) is 4.90 Å². The van der Waals surface area contributed by atoms with Crippen LogP contribution in [0.1, 0.15) is 17.3 Å². The SMILES string of the molecule is CC(=O)N1CCN(c2ccc(C(N)=O)cc2N)CC1. The summed E-state index contributed by atoms with van der Waals surface area (Å²) in [5.41, 5.74) is 13.0. The lowest BCUT2D eigenvalue weighted by atomic mass is 10.1. The van der Waals surface area contributed by atoms with Crippen LogP contribution < -0.4 is 16.4 Å².